The number of rotatable bonds is 5. The molecule has 1 saturated carbocycles. The average molecular weight is 272 g/mol. The van der Waals surface area contributed by atoms with Crippen molar-refractivity contribution in [2.75, 3.05) is 0 Å². The second-order valence-corrected chi connectivity index (χ2v) is 6.67. The van der Waals surface area contributed by atoms with E-state index in [1.165, 1.54) is 30.4 Å². The van der Waals surface area contributed by atoms with Crippen molar-refractivity contribution in [3.63, 3.8) is 0 Å². The van der Waals surface area contributed by atoms with Crippen LogP contribution in [0.1, 0.15) is 69.9 Å². The highest BCUT2D eigenvalue weighted by atomic mass is 16.1. The highest BCUT2D eigenvalue weighted by Gasteiger charge is 2.25. The third-order valence-corrected chi connectivity index (χ3v) is 4.90. The van der Waals surface area contributed by atoms with Gasteiger partial charge in [-0.05, 0) is 48.6 Å². The van der Waals surface area contributed by atoms with Gasteiger partial charge in [-0.15, -0.1) is 0 Å². The van der Waals surface area contributed by atoms with Crippen LogP contribution in [-0.4, -0.2) is 5.78 Å². The quantitative estimate of drug-likeness (QED) is 0.725. The summed E-state index contributed by atoms with van der Waals surface area (Å²) in [5, 5.41) is 0. The molecule has 0 atom stereocenters. The molecule has 0 aliphatic heterocycles. The summed E-state index contributed by atoms with van der Waals surface area (Å²) in [6, 6.07) is 8.60. The third-order valence-electron chi connectivity index (χ3n) is 4.90. The normalized spacial score (nSPS) is 23.0. The van der Waals surface area contributed by atoms with E-state index in [0.717, 1.165) is 18.8 Å². The molecular weight excluding hydrogens is 244 g/mol. The molecule has 1 nitrogen and oxygen atoms in total. The molecule has 0 spiro atoms. The Kier molecular flexibility index (Phi) is 5.39. The van der Waals surface area contributed by atoms with Crippen molar-refractivity contribution < 1.29 is 4.79 Å². The van der Waals surface area contributed by atoms with E-state index >= 15 is 0 Å². The smallest absolute Gasteiger partial charge is 0.140 e. The number of hydrogen-bond acceptors (Lipinski definition) is 1. The summed E-state index contributed by atoms with van der Waals surface area (Å²) < 4.78 is 0. The van der Waals surface area contributed by atoms with E-state index in [-0.39, 0.29) is 0 Å². The van der Waals surface area contributed by atoms with Crippen molar-refractivity contribution in [2.45, 2.75) is 65.2 Å². The van der Waals surface area contributed by atoms with Crippen LogP contribution in [0.4, 0.5) is 0 Å². The molecule has 1 fully saturated rings. The van der Waals surface area contributed by atoms with E-state index in [1.54, 1.807) is 0 Å². The van der Waals surface area contributed by atoms with Gasteiger partial charge in [-0.1, -0.05) is 51.5 Å². The molecule has 0 N–H and O–H groups in total. The zero-order valence-electron chi connectivity index (χ0n) is 13.2. The van der Waals surface area contributed by atoms with Crippen LogP contribution >= 0.6 is 0 Å². The summed E-state index contributed by atoms with van der Waals surface area (Å²) in [6.07, 6.45) is 6.62. The molecule has 2 rings (SSSR count). The molecule has 0 radical (unpaired) electrons. The Bertz CT molecular complexity index is 422. The molecule has 1 aliphatic carbocycles. The number of benzene rings is 1. The maximum absolute atomic E-state index is 12.4. The van der Waals surface area contributed by atoms with Gasteiger partial charge in [-0.25, -0.2) is 0 Å². The van der Waals surface area contributed by atoms with E-state index in [4.69, 9.17) is 0 Å². The van der Waals surface area contributed by atoms with Crippen LogP contribution in [-0.2, 0) is 11.2 Å². The predicted octanol–water partition coefficient (Wildman–Crippen LogP) is 5.14. The lowest BCUT2D eigenvalue weighted by atomic mass is 9.78. The summed E-state index contributed by atoms with van der Waals surface area (Å²) in [7, 11) is 0. The average Bonchev–Trinajstić information content (AvgIpc) is 2.48. The fourth-order valence-electron chi connectivity index (χ4n) is 3.26. The molecule has 1 aromatic rings. The van der Waals surface area contributed by atoms with Crippen molar-refractivity contribution in [3.8, 4) is 0 Å². The van der Waals surface area contributed by atoms with Gasteiger partial charge in [0.25, 0.3) is 0 Å². The summed E-state index contributed by atoms with van der Waals surface area (Å²) in [6.45, 7) is 6.67. The van der Waals surface area contributed by atoms with Crippen LogP contribution in [0.25, 0.3) is 0 Å². The summed E-state index contributed by atoms with van der Waals surface area (Å²) in [5.74, 6) is 2.20. The van der Waals surface area contributed by atoms with E-state index in [1.807, 2.05) is 0 Å². The fourth-order valence-corrected chi connectivity index (χ4v) is 3.26. The topological polar surface area (TPSA) is 17.1 Å². The van der Waals surface area contributed by atoms with Crippen molar-refractivity contribution in [1.29, 1.82) is 0 Å². The molecule has 1 aliphatic rings. The maximum atomic E-state index is 12.4. The van der Waals surface area contributed by atoms with Gasteiger partial charge in [0.1, 0.15) is 5.78 Å². The van der Waals surface area contributed by atoms with Gasteiger partial charge < -0.3 is 0 Å². The Hall–Kier alpha value is -1.11. The monoisotopic (exact) mass is 272 g/mol. The summed E-state index contributed by atoms with van der Waals surface area (Å²) in [5.41, 5.74) is 2.53. The lowest BCUT2D eigenvalue weighted by Gasteiger charge is -2.26. The van der Waals surface area contributed by atoms with Crippen molar-refractivity contribution in [1.82, 2.24) is 0 Å². The molecule has 0 amide bonds. The predicted molar refractivity (Wildman–Crippen MR) is 85.0 cm³/mol. The number of Topliss-reactive ketones (excluding diaryl/α,β-unsaturated/α-hetero) is 1. The fraction of sp³-hybridized carbons (Fsp3) is 0.632. The SMILES string of the molecule is CCC1CCC(C(=O)Cc2ccc(C(C)C)cc2)CC1. The Balaban J connectivity index is 1.88. The van der Waals surface area contributed by atoms with Crippen molar-refractivity contribution >= 4 is 5.78 Å². The molecule has 110 valence electrons. The minimum atomic E-state index is 0.322. The Morgan fingerprint density at radius 2 is 1.70 bits per heavy atom. The van der Waals surface area contributed by atoms with Crippen LogP contribution in [0.2, 0.25) is 0 Å². The molecule has 0 unspecified atom stereocenters. The molecule has 1 aromatic carbocycles. The summed E-state index contributed by atoms with van der Waals surface area (Å²) >= 11 is 0. The lowest BCUT2D eigenvalue weighted by Crippen LogP contribution is -2.23. The largest absolute Gasteiger partial charge is 0.299 e. The Labute approximate surface area is 123 Å². The van der Waals surface area contributed by atoms with E-state index in [2.05, 4.69) is 45.0 Å². The van der Waals surface area contributed by atoms with Gasteiger partial charge in [-0.3, -0.25) is 4.79 Å². The van der Waals surface area contributed by atoms with Crippen LogP contribution in [0.3, 0.4) is 0 Å². The summed E-state index contributed by atoms with van der Waals surface area (Å²) in [4.78, 5) is 12.4. The third kappa shape index (κ3) is 3.94. The zero-order valence-corrected chi connectivity index (χ0v) is 13.2. The minimum Gasteiger partial charge on any atom is -0.299 e. The van der Waals surface area contributed by atoms with Crippen LogP contribution in [0.5, 0.6) is 0 Å². The Morgan fingerprint density at radius 1 is 1.10 bits per heavy atom. The van der Waals surface area contributed by atoms with Gasteiger partial charge in [0, 0.05) is 12.3 Å². The Morgan fingerprint density at radius 3 is 2.20 bits per heavy atom. The second-order valence-electron chi connectivity index (χ2n) is 6.67. The first-order valence-corrected chi connectivity index (χ1v) is 8.21. The molecule has 0 aromatic heterocycles. The van der Waals surface area contributed by atoms with Gasteiger partial charge >= 0.3 is 0 Å². The molecular formula is C19H28O. The van der Waals surface area contributed by atoms with E-state index in [9.17, 15) is 4.79 Å². The van der Waals surface area contributed by atoms with Gasteiger partial charge in [0.05, 0.1) is 0 Å². The van der Waals surface area contributed by atoms with Crippen LogP contribution in [0.15, 0.2) is 24.3 Å². The highest BCUT2D eigenvalue weighted by Crippen LogP contribution is 2.31. The number of carbonyl (C=O) groups is 1. The molecule has 20 heavy (non-hydrogen) atoms. The van der Waals surface area contributed by atoms with Crippen molar-refractivity contribution in [3.05, 3.63) is 35.4 Å². The maximum Gasteiger partial charge on any atom is 0.140 e. The standard InChI is InChI=1S/C19H28O/c1-4-15-5-11-18(12-6-15)19(20)13-16-7-9-17(10-8-16)14(2)3/h7-10,14-15,18H,4-6,11-13H2,1-3H3. The van der Waals surface area contributed by atoms with Gasteiger partial charge in [0.15, 0.2) is 0 Å². The lowest BCUT2D eigenvalue weighted by molar-refractivity contribution is -0.123. The number of hydrogen-bond donors (Lipinski definition) is 0. The second kappa shape index (κ2) is 7.06. The molecule has 0 heterocycles. The zero-order chi connectivity index (χ0) is 14.5. The highest BCUT2D eigenvalue weighted by molar-refractivity contribution is 5.83. The van der Waals surface area contributed by atoms with Crippen LogP contribution in [0, 0.1) is 11.8 Å². The molecule has 0 saturated heterocycles. The minimum absolute atomic E-state index is 0.322. The van der Waals surface area contributed by atoms with Gasteiger partial charge in [0.2, 0.25) is 0 Å². The molecule has 0 bridgehead atoms. The van der Waals surface area contributed by atoms with Crippen LogP contribution < -0.4 is 0 Å². The molecule has 1 heteroatoms. The van der Waals surface area contributed by atoms with E-state index in [0.29, 0.717) is 24.0 Å². The number of carbonyl (C=O) groups excluding carboxylic acids is 1. The van der Waals surface area contributed by atoms with E-state index < -0.39 is 0 Å². The number of ketones is 1. The van der Waals surface area contributed by atoms with Crippen molar-refractivity contribution in [2.24, 2.45) is 11.8 Å². The first-order chi connectivity index (χ1) is 9.60. The van der Waals surface area contributed by atoms with Gasteiger partial charge in [-0.2, -0.15) is 0 Å². The first kappa shape index (κ1) is 15.3. The first-order valence-electron chi connectivity index (χ1n) is 8.21.